The van der Waals surface area contributed by atoms with Crippen LogP contribution in [0.15, 0.2) is 55.1 Å². The molecule has 0 aliphatic rings. The van der Waals surface area contributed by atoms with E-state index in [-0.39, 0.29) is 19.0 Å². The summed E-state index contributed by atoms with van der Waals surface area (Å²) in [5.41, 5.74) is 0. The van der Waals surface area contributed by atoms with Crippen LogP contribution in [0.3, 0.4) is 0 Å². The van der Waals surface area contributed by atoms with E-state index in [2.05, 4.69) is 9.97 Å². The fourth-order valence-corrected chi connectivity index (χ4v) is 0.590. The van der Waals surface area contributed by atoms with Crippen molar-refractivity contribution in [2.75, 3.05) is 0 Å². The molecule has 72 valence electrons. The molecule has 0 radical (unpaired) electrons. The molecular formula is C9H14N2OS. The van der Waals surface area contributed by atoms with Crippen molar-refractivity contribution < 1.29 is 5.48 Å². The van der Waals surface area contributed by atoms with Crippen LogP contribution in [0.4, 0.5) is 0 Å². The molecule has 0 fully saturated rings. The Hall–Kier alpha value is -1.26. The van der Waals surface area contributed by atoms with Crippen LogP contribution in [-0.2, 0) is 0 Å². The van der Waals surface area contributed by atoms with Crippen LogP contribution in [0.1, 0.15) is 0 Å². The Balaban J connectivity index is 0. The smallest absolute Gasteiger partial charge is 0.0267 e. The molecule has 0 amide bonds. The van der Waals surface area contributed by atoms with Gasteiger partial charge in [-0.05, 0) is 24.3 Å². The second-order valence-corrected chi connectivity index (χ2v) is 1.91. The fourth-order valence-electron chi connectivity index (χ4n) is 0.590. The van der Waals surface area contributed by atoms with Crippen molar-refractivity contribution in [3.63, 3.8) is 0 Å². The van der Waals surface area contributed by atoms with Gasteiger partial charge in [-0.3, -0.25) is 4.98 Å². The maximum atomic E-state index is 3.78. The lowest BCUT2D eigenvalue weighted by Crippen LogP contribution is -1.58. The van der Waals surface area contributed by atoms with Gasteiger partial charge in [-0.25, -0.2) is 0 Å². The predicted octanol–water partition coefficient (Wildman–Crippen LogP) is 1.38. The lowest BCUT2D eigenvalue weighted by Gasteiger charge is -1.70. The first-order chi connectivity index (χ1) is 5.50. The first-order valence-electron chi connectivity index (χ1n) is 3.43. The number of hydrogen-bond acceptors (Lipinski definition) is 1. The van der Waals surface area contributed by atoms with Crippen LogP contribution in [0, 0.1) is 0 Å². The van der Waals surface area contributed by atoms with Crippen LogP contribution in [0.5, 0.6) is 0 Å². The molecule has 13 heavy (non-hydrogen) atoms. The molecule has 2 aromatic rings. The first kappa shape index (κ1) is 14.3. The molecule has 0 aromatic carbocycles. The van der Waals surface area contributed by atoms with Gasteiger partial charge in [0, 0.05) is 24.8 Å². The zero-order valence-corrected chi connectivity index (χ0v) is 8.14. The number of nitrogens with one attached hydrogen (secondary N) is 1. The summed E-state index contributed by atoms with van der Waals surface area (Å²) in [4.78, 5) is 6.65. The lowest BCUT2D eigenvalue weighted by molar-refractivity contribution is 0.824. The minimum Gasteiger partial charge on any atom is -0.412 e. The van der Waals surface area contributed by atoms with Crippen molar-refractivity contribution in [3.05, 3.63) is 55.1 Å². The van der Waals surface area contributed by atoms with Crippen molar-refractivity contribution in [3.8, 4) is 0 Å². The third-order valence-electron chi connectivity index (χ3n) is 1.06. The maximum Gasteiger partial charge on any atom is 0.0267 e. The van der Waals surface area contributed by atoms with Crippen molar-refractivity contribution in [2.45, 2.75) is 0 Å². The highest BCUT2D eigenvalue weighted by atomic mass is 32.1. The number of pyridine rings is 1. The zero-order valence-electron chi connectivity index (χ0n) is 7.14. The summed E-state index contributed by atoms with van der Waals surface area (Å²) in [6.07, 6.45) is 7.25. The average Bonchev–Trinajstić information content (AvgIpc) is 2.64. The van der Waals surface area contributed by atoms with Gasteiger partial charge in [0.05, 0.1) is 0 Å². The van der Waals surface area contributed by atoms with Gasteiger partial charge in [0.15, 0.2) is 0 Å². The van der Waals surface area contributed by atoms with E-state index in [0.29, 0.717) is 0 Å². The second-order valence-electron chi connectivity index (χ2n) is 1.91. The van der Waals surface area contributed by atoms with E-state index >= 15 is 0 Å². The van der Waals surface area contributed by atoms with Crippen LogP contribution in [-0.4, -0.2) is 15.4 Å². The van der Waals surface area contributed by atoms with Crippen molar-refractivity contribution in [1.29, 1.82) is 0 Å². The summed E-state index contributed by atoms with van der Waals surface area (Å²) in [5, 5.41) is 0. The fraction of sp³-hybridized carbons (Fsp3) is 0. The maximum absolute atomic E-state index is 3.78. The summed E-state index contributed by atoms with van der Waals surface area (Å²) in [5.74, 6) is 0. The van der Waals surface area contributed by atoms with Crippen LogP contribution in [0.25, 0.3) is 0 Å². The normalized spacial score (nSPS) is 6.77. The lowest BCUT2D eigenvalue weighted by atomic mass is 10.5. The number of hydrogen-bond donors (Lipinski definition) is 1. The van der Waals surface area contributed by atoms with Gasteiger partial charge in [0.2, 0.25) is 0 Å². The van der Waals surface area contributed by atoms with E-state index in [1.165, 1.54) is 0 Å². The van der Waals surface area contributed by atoms with Crippen molar-refractivity contribution >= 4 is 13.5 Å². The summed E-state index contributed by atoms with van der Waals surface area (Å²) in [6.45, 7) is 0. The number of aromatic nitrogens is 2. The zero-order chi connectivity index (χ0) is 7.78. The van der Waals surface area contributed by atoms with Gasteiger partial charge in [0.25, 0.3) is 0 Å². The molecule has 3 N–H and O–H groups in total. The molecule has 4 heteroatoms. The van der Waals surface area contributed by atoms with Crippen LogP contribution >= 0.6 is 13.5 Å². The van der Waals surface area contributed by atoms with Gasteiger partial charge < -0.3 is 10.5 Å². The number of nitrogens with zero attached hydrogens (tertiary/aromatic N) is 1. The molecule has 0 saturated carbocycles. The second kappa shape index (κ2) is 10.7. The number of H-pyrrole nitrogens is 1. The SMILES string of the molecule is O.S.c1cc[nH]c1.c1ccncc1. The summed E-state index contributed by atoms with van der Waals surface area (Å²) in [7, 11) is 0. The molecule has 0 spiro atoms. The minimum atomic E-state index is 0. The molecular weight excluding hydrogens is 184 g/mol. The highest BCUT2D eigenvalue weighted by molar-refractivity contribution is 7.59. The Morgan fingerprint density at radius 1 is 0.769 bits per heavy atom. The predicted molar refractivity (Wildman–Crippen MR) is 59.0 cm³/mol. The first-order valence-corrected chi connectivity index (χ1v) is 3.43. The highest BCUT2D eigenvalue weighted by Crippen LogP contribution is 1.73. The number of rotatable bonds is 0. The summed E-state index contributed by atoms with van der Waals surface area (Å²) < 4.78 is 0. The molecule has 2 heterocycles. The van der Waals surface area contributed by atoms with E-state index in [1.807, 2.05) is 42.7 Å². The number of aromatic amines is 1. The van der Waals surface area contributed by atoms with E-state index in [0.717, 1.165) is 0 Å². The Morgan fingerprint density at radius 3 is 1.46 bits per heavy atom. The van der Waals surface area contributed by atoms with Crippen LogP contribution in [0.2, 0.25) is 0 Å². The quantitative estimate of drug-likeness (QED) is 0.683. The topological polar surface area (TPSA) is 60.2 Å². The molecule has 0 atom stereocenters. The largest absolute Gasteiger partial charge is 0.412 e. The molecule has 2 rings (SSSR count). The Kier molecular flexibility index (Phi) is 11.8. The molecule has 2 aromatic heterocycles. The molecule has 0 aliphatic carbocycles. The van der Waals surface area contributed by atoms with Gasteiger partial charge >= 0.3 is 0 Å². The van der Waals surface area contributed by atoms with Gasteiger partial charge in [-0.2, -0.15) is 13.5 Å². The Bertz CT molecular complexity index is 203. The average molecular weight is 198 g/mol. The van der Waals surface area contributed by atoms with Crippen LogP contribution < -0.4 is 0 Å². The third-order valence-corrected chi connectivity index (χ3v) is 1.06. The van der Waals surface area contributed by atoms with Crippen molar-refractivity contribution in [1.82, 2.24) is 9.97 Å². The Morgan fingerprint density at radius 2 is 1.31 bits per heavy atom. The highest BCUT2D eigenvalue weighted by Gasteiger charge is 1.58. The van der Waals surface area contributed by atoms with E-state index < -0.39 is 0 Å². The summed E-state index contributed by atoms with van der Waals surface area (Å²) >= 11 is 0. The standard InChI is InChI=1S/C5H5N.C4H5N.H2O.H2S/c1-2-4-6-5-3-1;1-2-4-5-3-1;;/h1-5H;1-5H;2*1H2. The van der Waals surface area contributed by atoms with Crippen molar-refractivity contribution in [2.24, 2.45) is 0 Å². The minimum absolute atomic E-state index is 0. The molecule has 0 saturated heterocycles. The summed E-state index contributed by atoms with van der Waals surface area (Å²) in [6, 6.07) is 9.60. The van der Waals surface area contributed by atoms with E-state index in [4.69, 9.17) is 0 Å². The van der Waals surface area contributed by atoms with E-state index in [9.17, 15) is 0 Å². The molecule has 0 unspecified atom stereocenters. The molecule has 3 nitrogen and oxygen atoms in total. The van der Waals surface area contributed by atoms with Gasteiger partial charge in [-0.15, -0.1) is 0 Å². The van der Waals surface area contributed by atoms with Gasteiger partial charge in [0.1, 0.15) is 0 Å². The molecule has 0 aliphatic heterocycles. The molecule has 0 bridgehead atoms. The third kappa shape index (κ3) is 8.65. The van der Waals surface area contributed by atoms with E-state index in [1.54, 1.807) is 12.4 Å². The van der Waals surface area contributed by atoms with Gasteiger partial charge in [-0.1, -0.05) is 6.07 Å². The monoisotopic (exact) mass is 198 g/mol. The Labute approximate surface area is 84.6 Å².